The van der Waals surface area contributed by atoms with Crippen LogP contribution < -0.4 is 61.2 Å². The van der Waals surface area contributed by atoms with Crippen LogP contribution in [0.2, 0.25) is 0 Å². The van der Waals surface area contributed by atoms with E-state index in [2.05, 4.69) is 0 Å². The van der Waals surface area contributed by atoms with E-state index < -0.39 is 6.16 Å². The van der Waals surface area contributed by atoms with Gasteiger partial charge in [-0.1, -0.05) is 0 Å². The van der Waals surface area contributed by atoms with Crippen LogP contribution in [0.4, 0.5) is 4.79 Å². The fourth-order valence-corrected chi connectivity index (χ4v) is 0. The Hall–Kier alpha value is 0.710. The van der Waals surface area contributed by atoms with Crippen molar-refractivity contribution >= 4 is 6.16 Å². The van der Waals surface area contributed by atoms with E-state index in [4.69, 9.17) is 15.0 Å². The van der Waals surface area contributed by atoms with Crippen LogP contribution in [0.3, 0.4) is 0 Å². The largest absolute Gasteiger partial charge is 1.00 e. The molecule has 0 unspecified atom stereocenters. The summed E-state index contributed by atoms with van der Waals surface area (Å²) in [5, 5.41) is 16.7. The Morgan fingerprint density at radius 3 is 1.00 bits per heavy atom. The molecule has 0 atom stereocenters. The third-order valence-corrected chi connectivity index (χ3v) is 0. The van der Waals surface area contributed by atoms with E-state index in [1.54, 1.807) is 0 Å². The fourth-order valence-electron chi connectivity index (χ4n) is 0. The van der Waals surface area contributed by atoms with Crippen molar-refractivity contribution in [2.45, 2.75) is 0 Å². The van der Waals surface area contributed by atoms with Crippen molar-refractivity contribution in [2.75, 3.05) is 0 Å². The number of halogens is 3. The van der Waals surface area contributed by atoms with E-state index in [-0.39, 0.29) is 50.9 Å². The SMILES string of the molecule is O=C([O-])[O-].[Br-].[Br-].[Br-]. The van der Waals surface area contributed by atoms with Crippen molar-refractivity contribution in [1.29, 1.82) is 0 Å². The summed E-state index contributed by atoms with van der Waals surface area (Å²) in [6, 6.07) is 0. The summed E-state index contributed by atoms with van der Waals surface area (Å²) in [6.07, 6.45) is -2.33. The molecule has 0 aliphatic carbocycles. The molecule has 0 amide bonds. The average Bonchev–Trinajstić information content (AvgIpc) is 0.811. The zero-order valence-corrected chi connectivity index (χ0v) is 7.62. The Bertz CT molecular complexity index is 33.2. The van der Waals surface area contributed by atoms with Crippen LogP contribution in [0.1, 0.15) is 0 Å². The predicted octanol–water partition coefficient (Wildman–Crippen LogP) is -11.4. The van der Waals surface area contributed by atoms with Gasteiger partial charge in [-0.25, -0.2) is 0 Å². The van der Waals surface area contributed by atoms with Gasteiger partial charge in [0.2, 0.25) is 0 Å². The monoisotopic (exact) mass is 297 g/mol. The molecule has 0 saturated heterocycles. The highest BCUT2D eigenvalue weighted by molar-refractivity contribution is 5.47. The van der Waals surface area contributed by atoms with Crippen LogP contribution in [-0.2, 0) is 0 Å². The first-order chi connectivity index (χ1) is 1.73. The standard InChI is InChI=1S/CH2O3.3BrH/c2-1(3)4;;;/h(H2,2,3,4);3*1H/p-5. The first-order valence-electron chi connectivity index (χ1n) is 0.612. The maximum atomic E-state index is 8.33. The minimum absolute atomic E-state index is 0. The van der Waals surface area contributed by atoms with Crippen molar-refractivity contribution in [3.63, 3.8) is 0 Å². The maximum Gasteiger partial charge on any atom is -0.0431 e. The van der Waals surface area contributed by atoms with Crippen molar-refractivity contribution in [3.05, 3.63) is 0 Å². The van der Waals surface area contributed by atoms with Gasteiger partial charge in [-0.3, -0.25) is 0 Å². The summed E-state index contributed by atoms with van der Waals surface area (Å²) in [4.78, 5) is 8.33. The predicted molar refractivity (Wildman–Crippen MR) is 5.40 cm³/mol. The number of carbonyl (C=O) groups is 1. The van der Waals surface area contributed by atoms with Gasteiger partial charge in [0.05, 0.1) is 0 Å². The Labute approximate surface area is 72.0 Å². The molecule has 0 aliphatic rings. The Kier molecular flexibility index (Phi) is 57.3. The van der Waals surface area contributed by atoms with Crippen molar-refractivity contribution in [3.8, 4) is 0 Å². The molecule has 0 aromatic rings. The molecule has 0 spiro atoms. The second-order valence-electron chi connectivity index (χ2n) is 0.250. The van der Waals surface area contributed by atoms with E-state index in [0.717, 1.165) is 0 Å². The summed E-state index contributed by atoms with van der Waals surface area (Å²) in [5.41, 5.74) is 0. The van der Waals surface area contributed by atoms with Gasteiger partial charge >= 0.3 is 0 Å². The molecule has 0 aromatic heterocycles. The van der Waals surface area contributed by atoms with E-state index in [9.17, 15) is 0 Å². The van der Waals surface area contributed by atoms with Crippen LogP contribution in [0.5, 0.6) is 0 Å². The quantitative estimate of drug-likeness (QED) is 0.446. The van der Waals surface area contributed by atoms with Gasteiger partial charge < -0.3 is 66.0 Å². The van der Waals surface area contributed by atoms with Gasteiger partial charge in [0.25, 0.3) is 0 Å². The lowest BCUT2D eigenvalue weighted by Crippen LogP contribution is -3.00. The number of hydrogen-bond donors (Lipinski definition) is 0. The molecule has 0 aliphatic heterocycles. The lowest BCUT2D eigenvalue weighted by Gasteiger charge is -1.96. The molecular weight excluding hydrogens is 300 g/mol. The molecular formula is CBr3O3-5. The number of carbonyl (C=O) groups excluding carboxylic acids is 1. The lowest BCUT2D eigenvalue weighted by atomic mass is 11.5. The molecule has 0 fully saturated rings. The Morgan fingerprint density at radius 2 is 1.00 bits per heavy atom. The number of hydrogen-bond acceptors (Lipinski definition) is 3. The zero-order valence-electron chi connectivity index (χ0n) is 2.86. The average molecular weight is 300 g/mol. The highest BCUT2D eigenvalue weighted by Crippen LogP contribution is 1.21. The van der Waals surface area contributed by atoms with Gasteiger partial charge in [0.1, 0.15) is 0 Å². The van der Waals surface area contributed by atoms with Crippen LogP contribution in [0, 0.1) is 0 Å². The highest BCUT2D eigenvalue weighted by Gasteiger charge is 1.26. The third-order valence-electron chi connectivity index (χ3n) is 0. The van der Waals surface area contributed by atoms with Crippen LogP contribution in [0.15, 0.2) is 0 Å². The molecule has 6 heteroatoms. The number of carboxylic acid groups (broad SMARTS) is 2. The molecule has 48 valence electrons. The summed E-state index contributed by atoms with van der Waals surface area (Å²) in [6.45, 7) is 0. The normalized spacial score (nSPS) is 3.43. The first kappa shape index (κ1) is 25.2. The number of rotatable bonds is 0. The van der Waals surface area contributed by atoms with Crippen LogP contribution in [-0.4, -0.2) is 6.16 Å². The minimum Gasteiger partial charge on any atom is -1.00 e. The van der Waals surface area contributed by atoms with Gasteiger partial charge in [-0.2, -0.15) is 0 Å². The van der Waals surface area contributed by atoms with Crippen LogP contribution >= 0.6 is 0 Å². The molecule has 0 rings (SSSR count). The topological polar surface area (TPSA) is 63.2 Å². The van der Waals surface area contributed by atoms with Gasteiger partial charge in [0, 0.05) is 0 Å². The van der Waals surface area contributed by atoms with E-state index in [0.29, 0.717) is 0 Å². The summed E-state index contributed by atoms with van der Waals surface area (Å²) < 4.78 is 0. The molecule has 0 bridgehead atoms. The molecule has 7 heavy (non-hydrogen) atoms. The zero-order chi connectivity index (χ0) is 3.58. The lowest BCUT2D eigenvalue weighted by molar-refractivity contribution is -0.415. The maximum absolute atomic E-state index is 8.33. The Morgan fingerprint density at radius 1 is 1.00 bits per heavy atom. The van der Waals surface area contributed by atoms with E-state index in [1.807, 2.05) is 0 Å². The summed E-state index contributed by atoms with van der Waals surface area (Å²) in [7, 11) is 0. The van der Waals surface area contributed by atoms with Crippen molar-refractivity contribution in [2.24, 2.45) is 0 Å². The molecule has 0 radical (unpaired) electrons. The van der Waals surface area contributed by atoms with Crippen molar-refractivity contribution < 1.29 is 66.0 Å². The van der Waals surface area contributed by atoms with Gasteiger partial charge in [-0.15, -0.1) is 0 Å². The van der Waals surface area contributed by atoms with Gasteiger partial charge in [0.15, 0.2) is 0 Å². The summed E-state index contributed by atoms with van der Waals surface area (Å²) >= 11 is 0. The first-order valence-corrected chi connectivity index (χ1v) is 0.612. The minimum atomic E-state index is -2.33. The van der Waals surface area contributed by atoms with E-state index in [1.165, 1.54) is 0 Å². The second-order valence-corrected chi connectivity index (χ2v) is 0.250. The molecule has 0 saturated carbocycles. The van der Waals surface area contributed by atoms with Gasteiger partial charge in [-0.05, 0) is 6.16 Å². The van der Waals surface area contributed by atoms with Crippen molar-refractivity contribution in [1.82, 2.24) is 0 Å². The smallest absolute Gasteiger partial charge is 0.0431 e. The second kappa shape index (κ2) is 15.9. The van der Waals surface area contributed by atoms with Crippen LogP contribution in [0.25, 0.3) is 0 Å². The fraction of sp³-hybridized carbons (Fsp3) is 0. The Balaban J connectivity index is -0.0000000150. The third kappa shape index (κ3) is 295. The molecule has 0 N–H and O–H groups in total. The highest BCUT2D eigenvalue weighted by atomic mass is 79.9. The molecule has 0 heterocycles. The molecule has 3 nitrogen and oxygen atoms in total. The molecule has 0 aromatic carbocycles. The summed E-state index contributed by atoms with van der Waals surface area (Å²) in [5.74, 6) is 0. The van der Waals surface area contributed by atoms with E-state index >= 15 is 0 Å².